The molecule has 1 aliphatic rings. The number of carbonyl (C=O) groups is 1. The standard InChI is InChI=1S/C25H31N5O2/c1-4-26-24(31)18-5-8-20(9-6-18)28-25-27-16-19-7-10-22(15-23(19)29-25)32-21-11-13-30(14-12-21)17(2)3/h5-10,15-17,21H,4,11-14H2,1-3H3,(H,26,31)(H,27,28,29). The minimum Gasteiger partial charge on any atom is -0.490 e. The van der Waals surface area contributed by atoms with Crippen LogP contribution >= 0.6 is 0 Å². The van der Waals surface area contributed by atoms with Crippen LogP contribution in [-0.2, 0) is 0 Å². The van der Waals surface area contributed by atoms with Gasteiger partial charge in [0.05, 0.1) is 5.52 Å². The van der Waals surface area contributed by atoms with Gasteiger partial charge in [-0.15, -0.1) is 0 Å². The highest BCUT2D eigenvalue weighted by Crippen LogP contribution is 2.25. The second-order valence-corrected chi connectivity index (χ2v) is 8.42. The van der Waals surface area contributed by atoms with Gasteiger partial charge < -0.3 is 20.3 Å². The number of fused-ring (bicyclic) bond motifs is 1. The molecule has 0 radical (unpaired) electrons. The Hall–Kier alpha value is -3.19. The highest BCUT2D eigenvalue weighted by molar-refractivity contribution is 5.94. The van der Waals surface area contributed by atoms with Crippen molar-refractivity contribution >= 4 is 28.4 Å². The van der Waals surface area contributed by atoms with E-state index in [-0.39, 0.29) is 12.0 Å². The molecule has 1 aromatic heterocycles. The van der Waals surface area contributed by atoms with Crippen molar-refractivity contribution in [2.75, 3.05) is 25.0 Å². The quantitative estimate of drug-likeness (QED) is 0.576. The van der Waals surface area contributed by atoms with E-state index in [1.54, 1.807) is 18.3 Å². The lowest BCUT2D eigenvalue weighted by molar-refractivity contribution is 0.0844. The Morgan fingerprint density at radius 2 is 1.91 bits per heavy atom. The van der Waals surface area contributed by atoms with E-state index in [9.17, 15) is 4.79 Å². The molecule has 1 amide bonds. The molecule has 0 saturated carbocycles. The van der Waals surface area contributed by atoms with Gasteiger partial charge in [0.15, 0.2) is 0 Å². The number of anilines is 2. The number of benzene rings is 2. The summed E-state index contributed by atoms with van der Waals surface area (Å²) in [6.45, 7) is 9.14. The number of hydrogen-bond donors (Lipinski definition) is 2. The van der Waals surface area contributed by atoms with Crippen molar-refractivity contribution in [2.24, 2.45) is 0 Å². The number of nitrogens with zero attached hydrogens (tertiary/aromatic N) is 3. The molecule has 1 aliphatic heterocycles. The van der Waals surface area contributed by atoms with Crippen molar-refractivity contribution in [3.8, 4) is 5.75 Å². The number of amides is 1. The van der Waals surface area contributed by atoms with Crippen LogP contribution in [0.2, 0.25) is 0 Å². The molecule has 3 aromatic rings. The van der Waals surface area contributed by atoms with Crippen LogP contribution in [0.5, 0.6) is 5.75 Å². The number of piperidine rings is 1. The van der Waals surface area contributed by atoms with E-state index in [2.05, 4.69) is 39.3 Å². The van der Waals surface area contributed by atoms with Crippen LogP contribution in [0, 0.1) is 0 Å². The summed E-state index contributed by atoms with van der Waals surface area (Å²) >= 11 is 0. The number of carbonyl (C=O) groups excluding carboxylic acids is 1. The number of likely N-dealkylation sites (tertiary alicyclic amines) is 1. The van der Waals surface area contributed by atoms with Crippen LogP contribution in [0.25, 0.3) is 10.9 Å². The summed E-state index contributed by atoms with van der Waals surface area (Å²) in [5, 5.41) is 6.97. The smallest absolute Gasteiger partial charge is 0.251 e. The molecule has 2 N–H and O–H groups in total. The van der Waals surface area contributed by atoms with E-state index in [0.29, 0.717) is 24.1 Å². The van der Waals surface area contributed by atoms with Crippen LogP contribution < -0.4 is 15.4 Å². The van der Waals surface area contributed by atoms with Crippen molar-refractivity contribution in [1.82, 2.24) is 20.2 Å². The van der Waals surface area contributed by atoms with Gasteiger partial charge in [0.25, 0.3) is 5.91 Å². The maximum atomic E-state index is 11.9. The number of ether oxygens (including phenoxy) is 1. The van der Waals surface area contributed by atoms with E-state index in [1.807, 2.05) is 37.3 Å². The Morgan fingerprint density at radius 3 is 2.59 bits per heavy atom. The molecule has 7 nitrogen and oxygen atoms in total. The third-order valence-corrected chi connectivity index (χ3v) is 5.80. The molecule has 2 aromatic carbocycles. The molecule has 0 bridgehead atoms. The largest absolute Gasteiger partial charge is 0.490 e. The van der Waals surface area contributed by atoms with Gasteiger partial charge >= 0.3 is 0 Å². The van der Waals surface area contributed by atoms with E-state index >= 15 is 0 Å². The van der Waals surface area contributed by atoms with Crippen LogP contribution in [0.4, 0.5) is 11.6 Å². The summed E-state index contributed by atoms with van der Waals surface area (Å²) in [7, 11) is 0. The SMILES string of the molecule is CCNC(=O)c1ccc(Nc2ncc3ccc(OC4CCN(C(C)C)CC4)cc3n2)cc1. The predicted molar refractivity (Wildman–Crippen MR) is 128 cm³/mol. The number of hydrogen-bond acceptors (Lipinski definition) is 6. The highest BCUT2D eigenvalue weighted by atomic mass is 16.5. The van der Waals surface area contributed by atoms with Gasteiger partial charge in [0.1, 0.15) is 11.9 Å². The Bertz CT molecular complexity index is 1060. The molecule has 32 heavy (non-hydrogen) atoms. The average Bonchev–Trinajstić information content (AvgIpc) is 2.80. The lowest BCUT2D eigenvalue weighted by Crippen LogP contribution is -2.41. The molecule has 0 unspecified atom stereocenters. The zero-order valence-corrected chi connectivity index (χ0v) is 19.0. The molecule has 168 valence electrons. The lowest BCUT2D eigenvalue weighted by atomic mass is 10.1. The van der Waals surface area contributed by atoms with Crippen molar-refractivity contribution in [3.05, 3.63) is 54.2 Å². The van der Waals surface area contributed by atoms with Gasteiger partial charge in [0, 0.05) is 54.6 Å². The summed E-state index contributed by atoms with van der Waals surface area (Å²) in [6.07, 6.45) is 4.13. The van der Waals surface area contributed by atoms with E-state index in [1.165, 1.54) is 0 Å². The van der Waals surface area contributed by atoms with Crippen molar-refractivity contribution in [2.45, 2.75) is 45.8 Å². The normalized spacial score (nSPS) is 15.1. The van der Waals surface area contributed by atoms with Crippen LogP contribution in [-0.4, -0.2) is 52.6 Å². The molecular weight excluding hydrogens is 402 g/mol. The number of nitrogens with one attached hydrogen (secondary N) is 2. The van der Waals surface area contributed by atoms with E-state index < -0.39 is 0 Å². The van der Waals surface area contributed by atoms with Crippen molar-refractivity contribution < 1.29 is 9.53 Å². The first-order valence-corrected chi connectivity index (χ1v) is 11.3. The topological polar surface area (TPSA) is 79.4 Å². The van der Waals surface area contributed by atoms with Gasteiger partial charge in [-0.3, -0.25) is 4.79 Å². The van der Waals surface area contributed by atoms with Crippen LogP contribution in [0.15, 0.2) is 48.7 Å². The molecule has 7 heteroatoms. The van der Waals surface area contributed by atoms with Crippen molar-refractivity contribution in [3.63, 3.8) is 0 Å². The van der Waals surface area contributed by atoms with E-state index in [4.69, 9.17) is 4.74 Å². The fourth-order valence-electron chi connectivity index (χ4n) is 3.94. The Labute approximate surface area is 189 Å². The lowest BCUT2D eigenvalue weighted by Gasteiger charge is -2.34. The summed E-state index contributed by atoms with van der Waals surface area (Å²) in [6, 6.07) is 13.8. The van der Waals surface area contributed by atoms with Crippen LogP contribution in [0.1, 0.15) is 44.0 Å². The van der Waals surface area contributed by atoms with Gasteiger partial charge in [-0.25, -0.2) is 9.97 Å². The molecule has 1 saturated heterocycles. The molecule has 0 aliphatic carbocycles. The minimum atomic E-state index is -0.0802. The van der Waals surface area contributed by atoms with Crippen LogP contribution in [0.3, 0.4) is 0 Å². The number of rotatable bonds is 7. The maximum absolute atomic E-state index is 11.9. The fraction of sp³-hybridized carbons (Fsp3) is 0.400. The van der Waals surface area contributed by atoms with Crippen molar-refractivity contribution in [1.29, 1.82) is 0 Å². The Kier molecular flexibility index (Phi) is 6.85. The molecule has 1 fully saturated rings. The molecule has 0 atom stereocenters. The first-order chi connectivity index (χ1) is 15.5. The van der Waals surface area contributed by atoms with Gasteiger partial charge in [-0.05, 0) is 70.0 Å². The minimum absolute atomic E-state index is 0.0802. The molecule has 4 rings (SSSR count). The number of aromatic nitrogens is 2. The predicted octanol–water partition coefficient (Wildman–Crippen LogP) is 4.37. The fourth-order valence-corrected chi connectivity index (χ4v) is 3.94. The van der Waals surface area contributed by atoms with Gasteiger partial charge in [-0.1, -0.05) is 0 Å². The highest BCUT2D eigenvalue weighted by Gasteiger charge is 2.22. The van der Waals surface area contributed by atoms with Gasteiger partial charge in [0.2, 0.25) is 5.95 Å². The molecule has 2 heterocycles. The maximum Gasteiger partial charge on any atom is 0.251 e. The third-order valence-electron chi connectivity index (χ3n) is 5.80. The second kappa shape index (κ2) is 9.96. The first-order valence-electron chi connectivity index (χ1n) is 11.3. The zero-order chi connectivity index (χ0) is 22.5. The first kappa shape index (κ1) is 22.0. The van der Waals surface area contributed by atoms with Gasteiger partial charge in [-0.2, -0.15) is 0 Å². The summed E-state index contributed by atoms with van der Waals surface area (Å²) in [4.78, 5) is 23.5. The summed E-state index contributed by atoms with van der Waals surface area (Å²) in [5.74, 6) is 1.27. The molecular formula is C25H31N5O2. The third kappa shape index (κ3) is 5.34. The monoisotopic (exact) mass is 433 g/mol. The Balaban J connectivity index is 1.42. The average molecular weight is 434 g/mol. The Morgan fingerprint density at radius 1 is 1.16 bits per heavy atom. The zero-order valence-electron chi connectivity index (χ0n) is 19.0. The summed E-state index contributed by atoms with van der Waals surface area (Å²) in [5.41, 5.74) is 2.28. The molecule has 0 spiro atoms. The van der Waals surface area contributed by atoms with E-state index in [0.717, 1.165) is 48.3 Å². The summed E-state index contributed by atoms with van der Waals surface area (Å²) < 4.78 is 6.26. The second-order valence-electron chi connectivity index (χ2n) is 8.42.